The van der Waals surface area contributed by atoms with Gasteiger partial charge in [0.05, 0.1) is 11.7 Å². The van der Waals surface area contributed by atoms with E-state index in [4.69, 9.17) is 8.75 Å². The molecule has 0 aliphatic heterocycles. The van der Waals surface area contributed by atoms with Crippen molar-refractivity contribution in [3.05, 3.63) is 107 Å². The first-order valence-electron chi connectivity index (χ1n) is 16.2. The Balaban J connectivity index is 1.21. The largest absolute Gasteiger partial charge is 0.206 e. The number of aromatic nitrogens is 2. The van der Waals surface area contributed by atoms with Crippen LogP contribution < -0.4 is 0 Å². The maximum atomic E-state index is 15.2. The summed E-state index contributed by atoms with van der Waals surface area (Å²) in [6.45, 7) is 11.4. The lowest BCUT2D eigenvalue weighted by Gasteiger charge is -2.22. The molecule has 0 unspecified atom stereocenters. The molecule has 0 atom stereocenters. The van der Waals surface area contributed by atoms with Crippen molar-refractivity contribution in [2.24, 2.45) is 5.92 Å². The highest BCUT2D eigenvalue weighted by atomic mass is 32.1. The fourth-order valence-electron chi connectivity index (χ4n) is 6.78. The normalized spacial score (nSPS) is 13.5. The third kappa shape index (κ3) is 5.44. The molecular formula is C40H39FN2S2. The van der Waals surface area contributed by atoms with Gasteiger partial charge in [-0.05, 0) is 94.8 Å². The number of nitrogens with zero attached hydrogens (tertiary/aromatic N) is 2. The lowest BCUT2D eigenvalue weighted by atomic mass is 9.81. The minimum atomic E-state index is -0.153. The topological polar surface area (TPSA) is 25.8 Å². The second kappa shape index (κ2) is 11.9. The second-order valence-corrected chi connectivity index (χ2v) is 15.0. The highest BCUT2D eigenvalue weighted by molar-refractivity contribution is 7.19. The van der Waals surface area contributed by atoms with Crippen molar-refractivity contribution in [3.8, 4) is 43.1 Å². The number of benzene rings is 4. The number of fused-ring (bicyclic) bond motifs is 4. The van der Waals surface area contributed by atoms with Gasteiger partial charge in [0.15, 0.2) is 0 Å². The molecule has 4 aromatic carbocycles. The Hall–Kier alpha value is -3.67. The molecule has 0 fully saturated rings. The highest BCUT2D eigenvalue weighted by Crippen LogP contribution is 2.50. The molecule has 0 radical (unpaired) electrons. The molecule has 0 bridgehead atoms. The highest BCUT2D eigenvalue weighted by Gasteiger charge is 2.36. The molecule has 1 aliphatic carbocycles. The van der Waals surface area contributed by atoms with Crippen LogP contribution in [0.4, 0.5) is 4.39 Å². The molecule has 5 heteroatoms. The number of hydrogen-bond donors (Lipinski definition) is 0. The Morgan fingerprint density at radius 1 is 0.689 bits per heavy atom. The molecule has 228 valence electrons. The molecule has 2 heterocycles. The molecule has 2 aromatic heterocycles. The van der Waals surface area contributed by atoms with Crippen LogP contribution in [0.5, 0.6) is 0 Å². The van der Waals surface area contributed by atoms with Gasteiger partial charge in [-0.2, -0.15) is 8.75 Å². The van der Waals surface area contributed by atoms with Crippen molar-refractivity contribution in [3.63, 3.8) is 0 Å². The summed E-state index contributed by atoms with van der Waals surface area (Å²) in [5.41, 5.74) is 13.7. The van der Waals surface area contributed by atoms with Crippen molar-refractivity contribution in [1.82, 2.24) is 8.75 Å². The van der Waals surface area contributed by atoms with Crippen molar-refractivity contribution < 1.29 is 4.39 Å². The SMILES string of the molecule is CCCCc1ccc2c(c1)C(C)(C)c1cc(-c3ccc(-c4ccc(-c5ccc(CCC(C)C)cc5F)s4)c4nsnc34)ccc1-2. The summed E-state index contributed by atoms with van der Waals surface area (Å²) >= 11 is 2.86. The molecule has 7 rings (SSSR count). The summed E-state index contributed by atoms with van der Waals surface area (Å²) in [6.07, 6.45) is 5.53. The molecule has 2 nitrogen and oxygen atoms in total. The van der Waals surface area contributed by atoms with Crippen LogP contribution in [0.1, 0.15) is 76.1 Å². The summed E-state index contributed by atoms with van der Waals surface area (Å²) in [5.74, 6) is 0.450. The summed E-state index contributed by atoms with van der Waals surface area (Å²) in [4.78, 5) is 2.00. The number of halogens is 1. The van der Waals surface area contributed by atoms with E-state index in [1.165, 1.54) is 52.4 Å². The number of unbranched alkanes of at least 4 members (excludes halogenated alkanes) is 1. The average Bonchev–Trinajstić information content (AvgIpc) is 3.77. The van der Waals surface area contributed by atoms with Gasteiger partial charge < -0.3 is 0 Å². The third-order valence-corrected chi connectivity index (χ3v) is 11.1. The standard InChI is InChI=1S/C40H39FN2S2/c1-6-7-8-25-11-14-29-30-16-13-27(23-34(30)40(4,5)33(29)21-25)28-17-18-32(39-38(28)42-45-43-39)37-20-19-36(44-37)31-15-12-26(22-35(31)41)10-9-24(2)3/h11-24H,6-10H2,1-5H3. The van der Waals surface area contributed by atoms with Gasteiger partial charge in [-0.3, -0.25) is 0 Å². The van der Waals surface area contributed by atoms with Crippen LogP contribution in [0.3, 0.4) is 0 Å². The molecule has 45 heavy (non-hydrogen) atoms. The molecule has 0 spiro atoms. The summed E-state index contributed by atoms with van der Waals surface area (Å²) in [7, 11) is 0. The molecule has 0 amide bonds. The van der Waals surface area contributed by atoms with Gasteiger partial charge in [-0.25, -0.2) is 4.39 Å². The van der Waals surface area contributed by atoms with Gasteiger partial charge >= 0.3 is 0 Å². The molecular weight excluding hydrogens is 592 g/mol. The van der Waals surface area contributed by atoms with Gasteiger partial charge in [0, 0.05) is 31.9 Å². The minimum absolute atomic E-state index is 0.0719. The van der Waals surface area contributed by atoms with E-state index < -0.39 is 0 Å². The Morgan fingerprint density at radius 2 is 1.29 bits per heavy atom. The lowest BCUT2D eigenvalue weighted by molar-refractivity contribution is 0.582. The zero-order valence-corrected chi connectivity index (χ0v) is 28.3. The van der Waals surface area contributed by atoms with Crippen molar-refractivity contribution >= 4 is 34.1 Å². The van der Waals surface area contributed by atoms with E-state index in [1.807, 2.05) is 12.1 Å². The zero-order chi connectivity index (χ0) is 31.3. The van der Waals surface area contributed by atoms with E-state index >= 15 is 4.39 Å². The number of thiophene rings is 1. The van der Waals surface area contributed by atoms with Crippen molar-refractivity contribution in [2.45, 2.75) is 72.1 Å². The molecule has 1 aliphatic rings. The van der Waals surface area contributed by atoms with E-state index in [1.54, 1.807) is 17.4 Å². The first-order chi connectivity index (χ1) is 21.7. The number of aryl methyl sites for hydroxylation is 2. The van der Waals surface area contributed by atoms with Gasteiger partial charge in [-0.1, -0.05) is 95.6 Å². The Kier molecular flexibility index (Phi) is 7.95. The predicted octanol–water partition coefficient (Wildman–Crippen LogP) is 12.1. The number of rotatable bonds is 9. The molecule has 0 N–H and O–H groups in total. The van der Waals surface area contributed by atoms with Crippen LogP contribution in [-0.2, 0) is 18.3 Å². The van der Waals surface area contributed by atoms with Crippen molar-refractivity contribution in [2.75, 3.05) is 0 Å². The van der Waals surface area contributed by atoms with Crippen LogP contribution in [0.25, 0.3) is 54.2 Å². The first kappa shape index (κ1) is 30.0. The minimum Gasteiger partial charge on any atom is -0.206 e. The summed E-state index contributed by atoms with van der Waals surface area (Å²) in [6, 6.07) is 28.1. The number of hydrogen-bond acceptors (Lipinski definition) is 4. The van der Waals surface area contributed by atoms with Crippen LogP contribution in [0.15, 0.2) is 78.9 Å². The fraction of sp³-hybridized carbons (Fsp3) is 0.300. The summed E-state index contributed by atoms with van der Waals surface area (Å²) < 4.78 is 24.7. The van der Waals surface area contributed by atoms with Gasteiger partial charge in [-0.15, -0.1) is 11.3 Å². The van der Waals surface area contributed by atoms with E-state index in [-0.39, 0.29) is 11.2 Å². The summed E-state index contributed by atoms with van der Waals surface area (Å²) in [5, 5.41) is 0. The molecule has 6 aromatic rings. The first-order valence-corrected chi connectivity index (χ1v) is 17.7. The Morgan fingerprint density at radius 3 is 2.00 bits per heavy atom. The quantitative estimate of drug-likeness (QED) is 0.159. The fourth-order valence-corrected chi connectivity index (χ4v) is 8.42. The van der Waals surface area contributed by atoms with Crippen LogP contribution in [0.2, 0.25) is 0 Å². The Labute approximate surface area is 274 Å². The Bertz CT molecular complexity index is 2030. The van der Waals surface area contributed by atoms with Crippen molar-refractivity contribution in [1.29, 1.82) is 0 Å². The van der Waals surface area contributed by atoms with E-state index in [2.05, 4.69) is 95.3 Å². The van der Waals surface area contributed by atoms with Crippen LogP contribution >= 0.6 is 23.1 Å². The predicted molar refractivity (Wildman–Crippen MR) is 191 cm³/mol. The van der Waals surface area contributed by atoms with Gasteiger partial charge in [0.25, 0.3) is 0 Å². The second-order valence-electron chi connectivity index (χ2n) is 13.4. The maximum Gasteiger partial charge on any atom is 0.132 e. The third-order valence-electron chi connectivity index (χ3n) is 9.47. The zero-order valence-electron chi connectivity index (χ0n) is 26.7. The molecule has 0 saturated heterocycles. The molecule has 0 saturated carbocycles. The average molecular weight is 631 g/mol. The maximum absolute atomic E-state index is 15.2. The monoisotopic (exact) mass is 630 g/mol. The van der Waals surface area contributed by atoms with Crippen LogP contribution in [0, 0.1) is 11.7 Å². The smallest absolute Gasteiger partial charge is 0.132 e. The van der Waals surface area contributed by atoms with E-state index in [0.29, 0.717) is 11.5 Å². The van der Waals surface area contributed by atoms with Crippen LogP contribution in [-0.4, -0.2) is 8.75 Å². The lowest BCUT2D eigenvalue weighted by Crippen LogP contribution is -2.15. The van der Waals surface area contributed by atoms with E-state index in [9.17, 15) is 0 Å². The van der Waals surface area contributed by atoms with Gasteiger partial charge in [0.2, 0.25) is 0 Å². The van der Waals surface area contributed by atoms with Gasteiger partial charge in [0.1, 0.15) is 16.9 Å². The van der Waals surface area contributed by atoms with E-state index in [0.717, 1.165) is 62.3 Å².